The molecule has 1 aliphatic rings. The molecule has 27 heavy (non-hydrogen) atoms. The molecule has 0 unspecified atom stereocenters. The maximum atomic E-state index is 10.8. The monoisotopic (exact) mass is 367 g/mol. The van der Waals surface area contributed by atoms with Crippen LogP contribution in [0.25, 0.3) is 0 Å². The summed E-state index contributed by atoms with van der Waals surface area (Å²) in [6, 6.07) is 17.2. The summed E-state index contributed by atoms with van der Waals surface area (Å²) in [7, 11) is 0. The predicted octanol–water partition coefficient (Wildman–Crippen LogP) is 4.70. The van der Waals surface area contributed by atoms with E-state index < -0.39 is 5.97 Å². The lowest BCUT2D eigenvalue weighted by Crippen LogP contribution is -2.29. The number of hydrogen-bond donors (Lipinski definition) is 2. The first-order chi connectivity index (χ1) is 13.0. The Morgan fingerprint density at radius 3 is 2.70 bits per heavy atom. The van der Waals surface area contributed by atoms with Crippen molar-refractivity contribution in [2.45, 2.75) is 57.5 Å². The molecule has 1 fully saturated rings. The van der Waals surface area contributed by atoms with E-state index in [1.807, 2.05) is 25.1 Å². The van der Waals surface area contributed by atoms with Crippen LogP contribution in [-0.2, 0) is 11.2 Å². The van der Waals surface area contributed by atoms with Gasteiger partial charge in [-0.15, -0.1) is 0 Å². The summed E-state index contributed by atoms with van der Waals surface area (Å²) in [5.74, 6) is 0.688. The van der Waals surface area contributed by atoms with Crippen molar-refractivity contribution in [3.8, 4) is 5.75 Å². The highest BCUT2D eigenvalue weighted by atomic mass is 16.5. The van der Waals surface area contributed by atoms with Gasteiger partial charge < -0.3 is 15.2 Å². The standard InChI is InChI=1S/C23H29NO3/c1-3-27-22-6-4-5-19(15-22)16(2)24-21-12-11-20(14-21)18-9-7-17(8-10-18)13-23(25)26/h4-10,15-16,20-21,24H,3,11-14H2,1-2H3,(H,25,26)/t16-,20-,21+/m1/s1. The largest absolute Gasteiger partial charge is 0.494 e. The van der Waals surface area contributed by atoms with E-state index in [9.17, 15) is 4.79 Å². The summed E-state index contributed by atoms with van der Waals surface area (Å²) < 4.78 is 5.61. The van der Waals surface area contributed by atoms with Gasteiger partial charge in [0.1, 0.15) is 5.75 Å². The van der Waals surface area contributed by atoms with Crippen LogP contribution < -0.4 is 10.1 Å². The molecule has 0 aliphatic heterocycles. The summed E-state index contributed by atoms with van der Waals surface area (Å²) >= 11 is 0. The minimum Gasteiger partial charge on any atom is -0.494 e. The number of ether oxygens (including phenoxy) is 1. The van der Waals surface area contributed by atoms with Crippen LogP contribution in [0.1, 0.15) is 61.8 Å². The van der Waals surface area contributed by atoms with Crippen LogP contribution in [0, 0.1) is 0 Å². The van der Waals surface area contributed by atoms with E-state index in [2.05, 4.69) is 42.6 Å². The van der Waals surface area contributed by atoms with Gasteiger partial charge in [0.25, 0.3) is 0 Å². The van der Waals surface area contributed by atoms with E-state index >= 15 is 0 Å². The van der Waals surface area contributed by atoms with Crippen LogP contribution in [0.4, 0.5) is 0 Å². The molecule has 0 amide bonds. The second-order valence-corrected chi connectivity index (χ2v) is 7.41. The zero-order chi connectivity index (χ0) is 19.2. The molecule has 4 nitrogen and oxygen atoms in total. The molecule has 0 heterocycles. The second kappa shape index (κ2) is 9.05. The first-order valence-corrected chi connectivity index (χ1v) is 9.84. The first kappa shape index (κ1) is 19.4. The number of carboxylic acids is 1. The Morgan fingerprint density at radius 2 is 2.00 bits per heavy atom. The van der Waals surface area contributed by atoms with Crippen LogP contribution in [0.15, 0.2) is 48.5 Å². The van der Waals surface area contributed by atoms with Gasteiger partial charge in [0.15, 0.2) is 0 Å². The molecular weight excluding hydrogens is 338 g/mol. The van der Waals surface area contributed by atoms with Gasteiger partial charge in [-0.25, -0.2) is 0 Å². The van der Waals surface area contributed by atoms with Gasteiger partial charge in [-0.05, 0) is 67.9 Å². The van der Waals surface area contributed by atoms with Crippen molar-refractivity contribution < 1.29 is 14.6 Å². The van der Waals surface area contributed by atoms with E-state index in [0.29, 0.717) is 18.6 Å². The highest BCUT2D eigenvalue weighted by Gasteiger charge is 2.27. The molecule has 0 bridgehead atoms. The molecule has 1 saturated carbocycles. The number of carboxylic acid groups (broad SMARTS) is 1. The molecule has 2 aromatic rings. The van der Waals surface area contributed by atoms with Crippen LogP contribution in [0.5, 0.6) is 5.75 Å². The Balaban J connectivity index is 1.56. The van der Waals surface area contributed by atoms with Crippen molar-refractivity contribution in [2.24, 2.45) is 0 Å². The zero-order valence-corrected chi connectivity index (χ0v) is 16.2. The Kier molecular flexibility index (Phi) is 6.51. The zero-order valence-electron chi connectivity index (χ0n) is 16.2. The minimum absolute atomic E-state index is 0.0907. The first-order valence-electron chi connectivity index (χ1n) is 9.84. The van der Waals surface area contributed by atoms with Crippen LogP contribution in [-0.4, -0.2) is 23.7 Å². The average molecular weight is 367 g/mol. The van der Waals surface area contributed by atoms with Crippen LogP contribution >= 0.6 is 0 Å². The SMILES string of the molecule is CCOc1cccc([C@@H](C)N[C@H]2CC[C@@H](c3ccc(CC(=O)O)cc3)C2)c1. The van der Waals surface area contributed by atoms with Gasteiger partial charge in [0.2, 0.25) is 0 Å². The quantitative estimate of drug-likeness (QED) is 0.710. The highest BCUT2D eigenvalue weighted by Crippen LogP contribution is 2.35. The molecule has 0 radical (unpaired) electrons. The number of rotatable bonds is 8. The van der Waals surface area contributed by atoms with Gasteiger partial charge in [-0.2, -0.15) is 0 Å². The maximum Gasteiger partial charge on any atom is 0.307 e. The number of carbonyl (C=O) groups is 1. The lowest BCUT2D eigenvalue weighted by atomic mass is 9.96. The summed E-state index contributed by atoms with van der Waals surface area (Å²) in [5.41, 5.74) is 3.43. The smallest absolute Gasteiger partial charge is 0.307 e. The van der Waals surface area contributed by atoms with Crippen molar-refractivity contribution in [3.63, 3.8) is 0 Å². The second-order valence-electron chi connectivity index (χ2n) is 7.41. The van der Waals surface area contributed by atoms with E-state index in [-0.39, 0.29) is 12.5 Å². The van der Waals surface area contributed by atoms with E-state index in [0.717, 1.165) is 24.2 Å². The summed E-state index contributed by atoms with van der Waals surface area (Å²) in [4.78, 5) is 10.8. The fourth-order valence-corrected chi connectivity index (χ4v) is 4.01. The normalized spacial score (nSPS) is 20.4. The Labute approximate surface area is 161 Å². The van der Waals surface area contributed by atoms with Crippen molar-refractivity contribution >= 4 is 5.97 Å². The lowest BCUT2D eigenvalue weighted by molar-refractivity contribution is -0.136. The topological polar surface area (TPSA) is 58.6 Å². The lowest BCUT2D eigenvalue weighted by Gasteiger charge is -2.21. The molecule has 3 rings (SSSR count). The average Bonchev–Trinajstić information content (AvgIpc) is 3.11. The minimum atomic E-state index is -0.782. The predicted molar refractivity (Wildman–Crippen MR) is 107 cm³/mol. The third-order valence-electron chi connectivity index (χ3n) is 5.39. The molecule has 0 aromatic heterocycles. The molecule has 0 saturated heterocycles. The van der Waals surface area contributed by atoms with Gasteiger partial charge >= 0.3 is 5.97 Å². The van der Waals surface area contributed by atoms with Gasteiger partial charge in [0.05, 0.1) is 13.0 Å². The van der Waals surface area contributed by atoms with Crippen molar-refractivity contribution in [1.29, 1.82) is 0 Å². The van der Waals surface area contributed by atoms with E-state index in [1.54, 1.807) is 0 Å². The number of benzene rings is 2. The molecule has 0 spiro atoms. The van der Waals surface area contributed by atoms with Crippen molar-refractivity contribution in [3.05, 3.63) is 65.2 Å². The molecular formula is C23H29NO3. The van der Waals surface area contributed by atoms with E-state index in [4.69, 9.17) is 9.84 Å². The molecule has 3 atom stereocenters. The summed E-state index contributed by atoms with van der Waals surface area (Å²) in [6.45, 7) is 4.89. The Morgan fingerprint density at radius 1 is 1.22 bits per heavy atom. The van der Waals surface area contributed by atoms with E-state index in [1.165, 1.54) is 17.5 Å². The number of nitrogens with one attached hydrogen (secondary N) is 1. The van der Waals surface area contributed by atoms with Gasteiger partial charge in [-0.3, -0.25) is 4.79 Å². The molecule has 2 N–H and O–H groups in total. The Hall–Kier alpha value is -2.33. The molecule has 2 aromatic carbocycles. The van der Waals surface area contributed by atoms with Gasteiger partial charge in [-0.1, -0.05) is 36.4 Å². The maximum absolute atomic E-state index is 10.8. The van der Waals surface area contributed by atoms with Crippen LogP contribution in [0.2, 0.25) is 0 Å². The number of aliphatic carboxylic acids is 1. The fourth-order valence-electron chi connectivity index (χ4n) is 4.01. The number of hydrogen-bond acceptors (Lipinski definition) is 3. The Bertz CT molecular complexity index is 756. The highest BCUT2D eigenvalue weighted by molar-refractivity contribution is 5.70. The molecule has 4 heteroatoms. The fraction of sp³-hybridized carbons (Fsp3) is 0.435. The van der Waals surface area contributed by atoms with Gasteiger partial charge in [0, 0.05) is 12.1 Å². The molecule has 1 aliphatic carbocycles. The third kappa shape index (κ3) is 5.33. The molecule has 144 valence electrons. The van der Waals surface area contributed by atoms with Crippen molar-refractivity contribution in [2.75, 3.05) is 6.61 Å². The summed E-state index contributed by atoms with van der Waals surface area (Å²) in [6.07, 6.45) is 3.54. The van der Waals surface area contributed by atoms with Crippen molar-refractivity contribution in [1.82, 2.24) is 5.32 Å². The third-order valence-corrected chi connectivity index (χ3v) is 5.39. The summed E-state index contributed by atoms with van der Waals surface area (Å²) in [5, 5.41) is 12.7. The van der Waals surface area contributed by atoms with Crippen LogP contribution in [0.3, 0.4) is 0 Å².